The molecule has 2 N–H and O–H groups in total. The Balaban J connectivity index is 3.74. The SMILES string of the molecule is O=C(O)c1cc(SF)c(SF)c(SF)c1C(=O)O. The number of carboxylic acid groups (broad SMARTS) is 2. The van der Waals surface area contributed by atoms with E-state index in [9.17, 15) is 21.2 Å². The van der Waals surface area contributed by atoms with Crippen molar-refractivity contribution in [3.63, 3.8) is 0 Å². The van der Waals surface area contributed by atoms with Crippen LogP contribution in [0.1, 0.15) is 20.7 Å². The summed E-state index contributed by atoms with van der Waals surface area (Å²) < 4.78 is 37.8. The highest BCUT2D eigenvalue weighted by molar-refractivity contribution is 7.99. The molecule has 1 rings (SSSR count). The van der Waals surface area contributed by atoms with Gasteiger partial charge in [0.2, 0.25) is 0 Å². The third-order valence-electron chi connectivity index (χ3n) is 1.88. The van der Waals surface area contributed by atoms with Gasteiger partial charge in [0.15, 0.2) is 0 Å². The van der Waals surface area contributed by atoms with Crippen LogP contribution in [0, 0.1) is 0 Å². The van der Waals surface area contributed by atoms with Gasteiger partial charge < -0.3 is 10.2 Å². The molecular formula is C8H3F3O4S3. The van der Waals surface area contributed by atoms with Crippen LogP contribution in [0.25, 0.3) is 0 Å². The van der Waals surface area contributed by atoms with Crippen LogP contribution >= 0.6 is 36.4 Å². The molecule has 0 bridgehead atoms. The van der Waals surface area contributed by atoms with Gasteiger partial charge >= 0.3 is 11.9 Å². The topological polar surface area (TPSA) is 74.6 Å². The van der Waals surface area contributed by atoms with Gasteiger partial charge in [-0.3, -0.25) is 0 Å². The van der Waals surface area contributed by atoms with E-state index in [1.807, 2.05) is 0 Å². The molecule has 0 heterocycles. The summed E-state index contributed by atoms with van der Waals surface area (Å²) in [7, 11) is 0. The van der Waals surface area contributed by atoms with Gasteiger partial charge in [-0.25, -0.2) is 9.59 Å². The van der Waals surface area contributed by atoms with E-state index in [4.69, 9.17) is 10.2 Å². The zero-order valence-corrected chi connectivity index (χ0v) is 10.6. The van der Waals surface area contributed by atoms with E-state index in [0.29, 0.717) is 6.07 Å². The van der Waals surface area contributed by atoms with Crippen LogP contribution in [0.3, 0.4) is 0 Å². The Hall–Kier alpha value is -1.00. The lowest BCUT2D eigenvalue weighted by molar-refractivity contribution is 0.0647. The molecular weight excluding hydrogens is 313 g/mol. The lowest BCUT2D eigenvalue weighted by Crippen LogP contribution is -2.10. The van der Waals surface area contributed by atoms with Gasteiger partial charge in [0.1, 0.15) is 0 Å². The van der Waals surface area contributed by atoms with Crippen molar-refractivity contribution in [2.24, 2.45) is 0 Å². The third kappa shape index (κ3) is 2.70. The molecule has 0 unspecified atom stereocenters. The number of carbonyl (C=O) groups is 2. The molecule has 0 aliphatic carbocycles. The zero-order valence-electron chi connectivity index (χ0n) is 8.15. The Morgan fingerprint density at radius 1 is 0.944 bits per heavy atom. The average Bonchev–Trinajstić information content (AvgIpc) is 2.35. The number of rotatable bonds is 5. The standard InChI is InChI=1S/C8H3F3O4S3/c9-16-3-1-2(7(12)13)4(8(14)15)6(18-11)5(3)17-10/h1H,(H,12,13)(H,14,15). The highest BCUT2D eigenvalue weighted by Gasteiger charge is 2.27. The molecule has 1 aromatic rings. The Morgan fingerprint density at radius 3 is 1.83 bits per heavy atom. The minimum atomic E-state index is -1.74. The van der Waals surface area contributed by atoms with E-state index < -0.39 is 74.2 Å². The second kappa shape index (κ2) is 6.25. The fraction of sp³-hybridized carbons (Fsp3) is 0. The minimum absolute atomic E-state index is 0.495. The number of aromatic carboxylic acids is 2. The number of carboxylic acids is 2. The smallest absolute Gasteiger partial charge is 0.337 e. The maximum atomic E-state index is 12.7. The van der Waals surface area contributed by atoms with Gasteiger partial charge in [-0.2, -0.15) is 11.7 Å². The van der Waals surface area contributed by atoms with E-state index in [0.717, 1.165) is 0 Å². The first-order chi connectivity index (χ1) is 8.47. The van der Waals surface area contributed by atoms with Crippen molar-refractivity contribution in [2.45, 2.75) is 14.7 Å². The summed E-state index contributed by atoms with van der Waals surface area (Å²) in [6, 6.07) is 0.651. The second-order valence-electron chi connectivity index (χ2n) is 2.80. The summed E-state index contributed by atoms with van der Waals surface area (Å²) in [5.74, 6) is -3.41. The molecule has 4 nitrogen and oxygen atoms in total. The quantitative estimate of drug-likeness (QED) is 0.850. The third-order valence-corrected chi connectivity index (χ3v) is 3.77. The van der Waals surface area contributed by atoms with Crippen molar-refractivity contribution in [3.05, 3.63) is 17.2 Å². The maximum absolute atomic E-state index is 12.7. The van der Waals surface area contributed by atoms with Crippen LogP contribution < -0.4 is 0 Å². The van der Waals surface area contributed by atoms with Crippen molar-refractivity contribution in [1.29, 1.82) is 0 Å². The molecule has 0 amide bonds. The summed E-state index contributed by atoms with van der Waals surface area (Å²) in [6.45, 7) is 0. The van der Waals surface area contributed by atoms with Crippen LogP contribution in [-0.4, -0.2) is 22.2 Å². The van der Waals surface area contributed by atoms with E-state index in [2.05, 4.69) is 0 Å². The molecule has 10 heteroatoms. The second-order valence-corrected chi connectivity index (χ2v) is 4.52. The molecule has 0 aliphatic rings. The highest BCUT2D eigenvalue weighted by atomic mass is 32.2. The summed E-state index contributed by atoms with van der Waals surface area (Å²) in [5, 5.41) is 17.6. The van der Waals surface area contributed by atoms with Gasteiger partial charge in [-0.15, -0.1) is 0 Å². The van der Waals surface area contributed by atoms with Crippen LogP contribution in [0.15, 0.2) is 20.8 Å². The Labute approximate surface area is 112 Å². The highest BCUT2D eigenvalue weighted by Crippen LogP contribution is 2.43. The summed E-state index contributed by atoms with van der Waals surface area (Å²) in [4.78, 5) is 19.9. The van der Waals surface area contributed by atoms with E-state index in [1.54, 1.807) is 0 Å². The molecule has 98 valence electrons. The fourth-order valence-electron chi connectivity index (χ4n) is 1.20. The number of benzene rings is 1. The van der Waals surface area contributed by atoms with Gasteiger partial charge in [0, 0.05) is 0 Å². The van der Waals surface area contributed by atoms with Crippen molar-refractivity contribution < 1.29 is 31.5 Å². The first kappa shape index (κ1) is 15.1. The van der Waals surface area contributed by atoms with Gasteiger partial charge in [0.25, 0.3) is 0 Å². The van der Waals surface area contributed by atoms with Crippen molar-refractivity contribution in [2.75, 3.05) is 0 Å². The Morgan fingerprint density at radius 2 is 1.50 bits per heavy atom. The van der Waals surface area contributed by atoms with Crippen LogP contribution in [0.4, 0.5) is 11.7 Å². The lowest BCUT2D eigenvalue weighted by atomic mass is 10.1. The van der Waals surface area contributed by atoms with E-state index >= 15 is 0 Å². The lowest BCUT2D eigenvalue weighted by Gasteiger charge is -2.11. The summed E-state index contributed by atoms with van der Waals surface area (Å²) in [6.07, 6.45) is 0. The molecule has 0 aromatic heterocycles. The largest absolute Gasteiger partial charge is 0.478 e. The summed E-state index contributed by atoms with van der Waals surface area (Å²) in [5.41, 5.74) is -1.71. The molecule has 0 fully saturated rings. The monoisotopic (exact) mass is 316 g/mol. The normalized spacial score (nSPS) is 10.4. The van der Waals surface area contributed by atoms with Crippen molar-refractivity contribution >= 4 is 48.4 Å². The first-order valence-electron chi connectivity index (χ1n) is 4.01. The van der Waals surface area contributed by atoms with Crippen LogP contribution in [0.2, 0.25) is 0 Å². The van der Waals surface area contributed by atoms with Crippen molar-refractivity contribution in [1.82, 2.24) is 0 Å². The fourth-order valence-corrected chi connectivity index (χ4v) is 2.74. The molecule has 1 aromatic carbocycles. The van der Waals surface area contributed by atoms with Crippen LogP contribution in [-0.2, 0) is 0 Å². The molecule has 0 aliphatic heterocycles. The average molecular weight is 316 g/mol. The molecule has 0 saturated carbocycles. The Bertz CT molecular complexity index is 509. The maximum Gasteiger partial charge on any atom is 0.337 e. The van der Waals surface area contributed by atoms with Gasteiger partial charge in [-0.05, 0) is 6.07 Å². The summed E-state index contributed by atoms with van der Waals surface area (Å²) >= 11 is -1.70. The van der Waals surface area contributed by atoms with Gasteiger partial charge in [0.05, 0.1) is 62.3 Å². The van der Waals surface area contributed by atoms with Crippen molar-refractivity contribution in [3.8, 4) is 0 Å². The van der Waals surface area contributed by atoms with Gasteiger partial charge in [-0.1, -0.05) is 0 Å². The van der Waals surface area contributed by atoms with Crippen LogP contribution in [0.5, 0.6) is 0 Å². The predicted octanol–water partition coefficient (Wildman–Crippen LogP) is 4.01. The number of halogens is 3. The molecule has 0 saturated heterocycles. The number of hydrogen-bond donors (Lipinski definition) is 2. The van der Waals surface area contributed by atoms with E-state index in [-0.39, 0.29) is 0 Å². The first-order valence-corrected chi connectivity index (χ1v) is 6.16. The predicted molar refractivity (Wildman–Crippen MR) is 61.3 cm³/mol. The molecule has 0 spiro atoms. The number of hydrogen-bond acceptors (Lipinski definition) is 5. The molecule has 0 atom stereocenters. The Kier molecular flexibility index (Phi) is 5.23. The minimum Gasteiger partial charge on any atom is -0.478 e. The van der Waals surface area contributed by atoms with E-state index in [1.165, 1.54) is 0 Å². The molecule has 18 heavy (non-hydrogen) atoms. The zero-order chi connectivity index (χ0) is 13.9. The molecule has 0 radical (unpaired) electrons.